The maximum Gasteiger partial charge on any atom is 0.355 e. The van der Waals surface area contributed by atoms with Crippen LogP contribution in [0.4, 0.5) is 5.69 Å². The first-order valence-electron chi connectivity index (χ1n) is 10.2. The zero-order valence-electron chi connectivity index (χ0n) is 17.3. The third-order valence-electron chi connectivity index (χ3n) is 6.00. The number of nitrogens with zero attached hydrogens (tertiary/aromatic N) is 1. The molecule has 154 valence electrons. The van der Waals surface area contributed by atoms with E-state index in [9.17, 15) is 9.59 Å². The summed E-state index contributed by atoms with van der Waals surface area (Å²) in [5.74, 6) is -0.216. The molecule has 2 aliphatic rings. The topological polar surface area (TPSA) is 71.6 Å². The predicted octanol–water partition coefficient (Wildman–Crippen LogP) is 3.64. The normalized spacial score (nSPS) is 21.1. The molecular formula is C23H28N2O4. The summed E-state index contributed by atoms with van der Waals surface area (Å²) in [5.41, 5.74) is 4.86. The van der Waals surface area contributed by atoms with E-state index in [1.165, 1.54) is 0 Å². The predicted molar refractivity (Wildman–Crippen MR) is 111 cm³/mol. The quantitative estimate of drug-likeness (QED) is 0.782. The lowest BCUT2D eigenvalue weighted by molar-refractivity contribution is 0.0156. The first kappa shape index (κ1) is 19.7. The second-order valence-corrected chi connectivity index (χ2v) is 8.23. The van der Waals surface area contributed by atoms with Gasteiger partial charge in [0, 0.05) is 44.1 Å². The number of ether oxygens (including phenoxy) is 2. The Morgan fingerprint density at radius 2 is 2.00 bits per heavy atom. The van der Waals surface area contributed by atoms with Gasteiger partial charge in [-0.15, -0.1) is 0 Å². The average molecular weight is 396 g/mol. The van der Waals surface area contributed by atoms with Gasteiger partial charge in [-0.05, 0) is 55.4 Å². The molecule has 1 fully saturated rings. The zero-order chi connectivity index (χ0) is 20.5. The number of aromatic nitrogens is 1. The number of hydrogen-bond donors (Lipinski definition) is 1. The molecule has 2 atom stereocenters. The second-order valence-electron chi connectivity index (χ2n) is 8.23. The molecule has 0 saturated carbocycles. The summed E-state index contributed by atoms with van der Waals surface area (Å²) in [6, 6.07) is 8.32. The summed E-state index contributed by atoms with van der Waals surface area (Å²) in [6.07, 6.45) is 3.07. The molecule has 29 heavy (non-hydrogen) atoms. The van der Waals surface area contributed by atoms with Crippen molar-refractivity contribution in [2.75, 3.05) is 32.2 Å². The van der Waals surface area contributed by atoms with E-state index in [0.717, 1.165) is 36.4 Å². The van der Waals surface area contributed by atoms with Gasteiger partial charge in [-0.25, -0.2) is 4.79 Å². The van der Waals surface area contributed by atoms with Crippen molar-refractivity contribution in [2.45, 2.75) is 44.6 Å². The van der Waals surface area contributed by atoms with Crippen LogP contribution >= 0.6 is 0 Å². The van der Waals surface area contributed by atoms with E-state index >= 15 is 0 Å². The summed E-state index contributed by atoms with van der Waals surface area (Å²) in [5, 5.41) is 0. The minimum atomic E-state index is -0.410. The number of nitrogens with one attached hydrogen (secondary N) is 1. The number of hydrogen-bond acceptors (Lipinski definition) is 5. The van der Waals surface area contributed by atoms with Crippen molar-refractivity contribution >= 4 is 17.4 Å². The Hall–Kier alpha value is -2.60. The van der Waals surface area contributed by atoms with E-state index in [4.69, 9.17) is 9.47 Å². The molecule has 1 aliphatic heterocycles. The molecular weight excluding hydrogens is 368 g/mol. The number of esters is 1. The summed E-state index contributed by atoms with van der Waals surface area (Å²) >= 11 is 0. The Labute approximate surface area is 171 Å². The zero-order valence-corrected chi connectivity index (χ0v) is 17.3. The highest BCUT2D eigenvalue weighted by Crippen LogP contribution is 2.35. The number of fused-ring (bicyclic) bond motifs is 1. The summed E-state index contributed by atoms with van der Waals surface area (Å²) in [7, 11) is 4.01. The fourth-order valence-corrected chi connectivity index (χ4v) is 4.33. The molecule has 6 nitrogen and oxygen atoms in total. The Morgan fingerprint density at radius 3 is 2.66 bits per heavy atom. The van der Waals surface area contributed by atoms with Gasteiger partial charge in [0.15, 0.2) is 5.78 Å². The van der Waals surface area contributed by atoms with Gasteiger partial charge in [-0.2, -0.15) is 0 Å². The highest BCUT2D eigenvalue weighted by molar-refractivity contribution is 6.03. The van der Waals surface area contributed by atoms with Gasteiger partial charge in [-0.3, -0.25) is 4.79 Å². The molecule has 0 spiro atoms. The SMILES string of the molecule is Cc1c(C(=O)OC[C@@H]2CCCO2)[nH]c2c1C(=O)C[C@H](c1ccc(N(C)C)cc1)C2. The first-order valence-corrected chi connectivity index (χ1v) is 10.2. The lowest BCUT2D eigenvalue weighted by Crippen LogP contribution is -2.19. The number of H-pyrrole nitrogens is 1. The Morgan fingerprint density at radius 1 is 1.24 bits per heavy atom. The van der Waals surface area contributed by atoms with E-state index < -0.39 is 5.97 Å². The van der Waals surface area contributed by atoms with Gasteiger partial charge in [0.05, 0.1) is 6.10 Å². The number of rotatable bonds is 5. The number of Topliss-reactive ketones (excluding diaryl/α,β-unsaturated/α-hetero) is 1. The number of benzene rings is 1. The number of anilines is 1. The van der Waals surface area contributed by atoms with E-state index in [-0.39, 0.29) is 24.4 Å². The third kappa shape index (κ3) is 3.94. The molecule has 1 aliphatic carbocycles. The number of carbonyl (C=O) groups is 2. The highest BCUT2D eigenvalue weighted by Gasteiger charge is 2.32. The molecule has 1 aromatic carbocycles. The molecule has 6 heteroatoms. The monoisotopic (exact) mass is 396 g/mol. The van der Waals surface area contributed by atoms with Gasteiger partial charge in [0.2, 0.25) is 0 Å². The maximum atomic E-state index is 12.9. The Kier molecular flexibility index (Phi) is 5.46. The summed E-state index contributed by atoms with van der Waals surface area (Å²) in [4.78, 5) is 30.7. The molecule has 0 radical (unpaired) electrons. The molecule has 4 rings (SSSR count). The first-order chi connectivity index (χ1) is 13.9. The van der Waals surface area contributed by atoms with E-state index in [1.807, 2.05) is 21.0 Å². The summed E-state index contributed by atoms with van der Waals surface area (Å²) in [6.45, 7) is 2.81. The van der Waals surface area contributed by atoms with Crippen LogP contribution in [0, 0.1) is 6.92 Å². The van der Waals surface area contributed by atoms with Crippen LogP contribution in [0.5, 0.6) is 0 Å². The van der Waals surface area contributed by atoms with Gasteiger partial charge in [-0.1, -0.05) is 12.1 Å². The van der Waals surface area contributed by atoms with Crippen LogP contribution in [-0.4, -0.2) is 50.1 Å². The number of carbonyl (C=O) groups excluding carboxylic acids is 2. The molecule has 0 amide bonds. The second kappa shape index (κ2) is 8.03. The van der Waals surface area contributed by atoms with Crippen LogP contribution in [0.25, 0.3) is 0 Å². The molecule has 2 heterocycles. The fourth-order valence-electron chi connectivity index (χ4n) is 4.33. The molecule has 1 saturated heterocycles. The van der Waals surface area contributed by atoms with Crippen molar-refractivity contribution in [3.63, 3.8) is 0 Å². The van der Waals surface area contributed by atoms with Crippen molar-refractivity contribution in [3.8, 4) is 0 Å². The Bertz CT molecular complexity index is 908. The largest absolute Gasteiger partial charge is 0.458 e. The van der Waals surface area contributed by atoms with E-state index in [0.29, 0.717) is 29.7 Å². The molecule has 1 aromatic heterocycles. The Balaban J connectivity index is 1.51. The average Bonchev–Trinajstić information content (AvgIpc) is 3.34. The molecule has 0 bridgehead atoms. The van der Waals surface area contributed by atoms with Crippen molar-refractivity contribution in [1.82, 2.24) is 4.98 Å². The summed E-state index contributed by atoms with van der Waals surface area (Å²) < 4.78 is 11.0. The molecule has 1 N–H and O–H groups in total. The van der Waals surface area contributed by atoms with Crippen LogP contribution < -0.4 is 4.90 Å². The minimum Gasteiger partial charge on any atom is -0.458 e. The van der Waals surface area contributed by atoms with Crippen molar-refractivity contribution < 1.29 is 19.1 Å². The standard InChI is InChI=1S/C23H28N2O4/c1-14-21-19(24-22(14)23(27)29-13-18-5-4-10-28-18)11-16(12-20(21)26)15-6-8-17(9-7-15)25(2)3/h6-9,16,18,24H,4-5,10-13H2,1-3H3/t16-,18+/m1/s1. The van der Waals surface area contributed by atoms with Crippen LogP contribution in [-0.2, 0) is 15.9 Å². The van der Waals surface area contributed by atoms with E-state index in [1.54, 1.807) is 0 Å². The number of ketones is 1. The maximum absolute atomic E-state index is 12.9. The van der Waals surface area contributed by atoms with E-state index in [2.05, 4.69) is 34.1 Å². The van der Waals surface area contributed by atoms with Crippen LogP contribution in [0.1, 0.15) is 62.8 Å². The van der Waals surface area contributed by atoms with Crippen LogP contribution in [0.2, 0.25) is 0 Å². The van der Waals surface area contributed by atoms with Crippen LogP contribution in [0.3, 0.4) is 0 Å². The minimum absolute atomic E-state index is 0.0139. The van der Waals surface area contributed by atoms with Crippen molar-refractivity contribution in [2.24, 2.45) is 0 Å². The van der Waals surface area contributed by atoms with Gasteiger partial charge in [0.1, 0.15) is 12.3 Å². The lowest BCUT2D eigenvalue weighted by Gasteiger charge is -2.23. The lowest BCUT2D eigenvalue weighted by atomic mass is 9.81. The van der Waals surface area contributed by atoms with Gasteiger partial charge >= 0.3 is 5.97 Å². The van der Waals surface area contributed by atoms with Gasteiger partial charge < -0.3 is 19.4 Å². The molecule has 2 aromatic rings. The number of aromatic amines is 1. The van der Waals surface area contributed by atoms with Crippen LogP contribution in [0.15, 0.2) is 24.3 Å². The highest BCUT2D eigenvalue weighted by atomic mass is 16.6. The van der Waals surface area contributed by atoms with Crippen molar-refractivity contribution in [1.29, 1.82) is 0 Å². The fraction of sp³-hybridized carbons (Fsp3) is 0.478. The third-order valence-corrected chi connectivity index (χ3v) is 6.00. The van der Waals surface area contributed by atoms with Crippen molar-refractivity contribution in [3.05, 3.63) is 52.3 Å². The molecule has 0 unspecified atom stereocenters. The smallest absolute Gasteiger partial charge is 0.355 e. The van der Waals surface area contributed by atoms with Gasteiger partial charge in [0.25, 0.3) is 0 Å².